The summed E-state index contributed by atoms with van der Waals surface area (Å²) >= 11 is 0. The van der Waals surface area contributed by atoms with Crippen LogP contribution in [0.25, 0.3) is 11.0 Å². The van der Waals surface area contributed by atoms with Gasteiger partial charge in [0.25, 0.3) is 0 Å². The van der Waals surface area contributed by atoms with E-state index in [2.05, 4.69) is 4.98 Å². The molecule has 17 heavy (non-hydrogen) atoms. The maximum absolute atomic E-state index is 11.7. The van der Waals surface area contributed by atoms with Crippen LogP contribution in [0.3, 0.4) is 0 Å². The molecule has 1 aromatic carbocycles. The summed E-state index contributed by atoms with van der Waals surface area (Å²) in [5, 5.41) is 18.3. The summed E-state index contributed by atoms with van der Waals surface area (Å²) < 4.78 is 1.19. The standard InChI is InChI=1S/C11H12N2O4/c1-2-8(10(15)16)13-9-4-3-6(14)5-7(9)12-11(13)17/h3-5,8,14H,2H2,1H3,(H,12,17)(H,15,16). The minimum Gasteiger partial charge on any atom is -0.508 e. The van der Waals surface area contributed by atoms with E-state index in [-0.39, 0.29) is 5.75 Å². The number of aromatic hydroxyl groups is 1. The average Bonchev–Trinajstić information content (AvgIpc) is 2.55. The normalized spacial score (nSPS) is 12.8. The highest BCUT2D eigenvalue weighted by Crippen LogP contribution is 2.21. The third kappa shape index (κ3) is 1.77. The Labute approximate surface area is 96.1 Å². The molecule has 2 aromatic rings. The van der Waals surface area contributed by atoms with Crippen molar-refractivity contribution in [3.05, 3.63) is 28.7 Å². The number of H-pyrrole nitrogens is 1. The highest BCUT2D eigenvalue weighted by molar-refractivity contribution is 5.80. The molecule has 0 bridgehead atoms. The average molecular weight is 236 g/mol. The van der Waals surface area contributed by atoms with E-state index in [9.17, 15) is 14.7 Å². The summed E-state index contributed by atoms with van der Waals surface area (Å²) in [5.74, 6) is -1.03. The summed E-state index contributed by atoms with van der Waals surface area (Å²) in [5.41, 5.74) is 0.414. The number of aromatic nitrogens is 2. The number of imidazole rings is 1. The monoisotopic (exact) mass is 236 g/mol. The van der Waals surface area contributed by atoms with Crippen LogP contribution in [-0.2, 0) is 4.79 Å². The molecule has 2 rings (SSSR count). The van der Waals surface area contributed by atoms with E-state index >= 15 is 0 Å². The molecule has 1 aromatic heterocycles. The maximum atomic E-state index is 11.7. The number of phenolic OH excluding ortho intramolecular Hbond substituents is 1. The predicted octanol–water partition coefficient (Wildman–Crippen LogP) is 1.07. The molecule has 1 heterocycles. The first-order valence-corrected chi connectivity index (χ1v) is 5.20. The van der Waals surface area contributed by atoms with Crippen LogP contribution in [0.4, 0.5) is 0 Å². The summed E-state index contributed by atoms with van der Waals surface area (Å²) in [4.78, 5) is 25.3. The van der Waals surface area contributed by atoms with Crippen molar-refractivity contribution >= 4 is 17.0 Å². The number of phenols is 1. The Bertz CT molecular complexity index is 626. The summed E-state index contributed by atoms with van der Waals surface area (Å²) in [6.45, 7) is 1.70. The number of carbonyl (C=O) groups is 1. The Kier molecular flexibility index (Phi) is 2.63. The van der Waals surface area contributed by atoms with Crippen LogP contribution in [0.2, 0.25) is 0 Å². The molecule has 6 heteroatoms. The van der Waals surface area contributed by atoms with Gasteiger partial charge in [0.1, 0.15) is 11.8 Å². The van der Waals surface area contributed by atoms with Gasteiger partial charge >= 0.3 is 11.7 Å². The number of aliphatic carboxylic acids is 1. The van der Waals surface area contributed by atoms with Crippen LogP contribution >= 0.6 is 0 Å². The molecule has 90 valence electrons. The number of hydrogen-bond donors (Lipinski definition) is 3. The molecular formula is C11H12N2O4. The zero-order chi connectivity index (χ0) is 12.6. The molecular weight excluding hydrogens is 224 g/mol. The van der Waals surface area contributed by atoms with Crippen molar-refractivity contribution in [2.24, 2.45) is 0 Å². The molecule has 6 nitrogen and oxygen atoms in total. The third-order valence-electron chi connectivity index (χ3n) is 2.68. The van der Waals surface area contributed by atoms with Gasteiger partial charge < -0.3 is 15.2 Å². The minimum atomic E-state index is -1.05. The van der Waals surface area contributed by atoms with Gasteiger partial charge in [0.05, 0.1) is 11.0 Å². The predicted molar refractivity (Wildman–Crippen MR) is 61.2 cm³/mol. The molecule has 0 aliphatic rings. The van der Waals surface area contributed by atoms with Crippen molar-refractivity contribution < 1.29 is 15.0 Å². The third-order valence-corrected chi connectivity index (χ3v) is 2.68. The summed E-state index contributed by atoms with van der Waals surface area (Å²) in [6.07, 6.45) is 0.309. The molecule has 0 spiro atoms. The second kappa shape index (κ2) is 3.97. The Morgan fingerprint density at radius 1 is 1.53 bits per heavy atom. The molecule has 0 aliphatic heterocycles. The van der Waals surface area contributed by atoms with Crippen LogP contribution in [0, 0.1) is 0 Å². The minimum absolute atomic E-state index is 0.0225. The van der Waals surface area contributed by atoms with Crippen LogP contribution in [0.5, 0.6) is 5.75 Å². The fraction of sp³-hybridized carbons (Fsp3) is 0.273. The number of carboxylic acid groups (broad SMARTS) is 1. The Balaban J connectivity index is 2.72. The number of carboxylic acids is 1. The van der Waals surface area contributed by atoms with Gasteiger partial charge in [0.2, 0.25) is 0 Å². The van der Waals surface area contributed by atoms with E-state index in [0.29, 0.717) is 17.5 Å². The number of aromatic amines is 1. The van der Waals surface area contributed by atoms with Gasteiger partial charge in [-0.15, -0.1) is 0 Å². The van der Waals surface area contributed by atoms with Gasteiger partial charge in [-0.1, -0.05) is 6.92 Å². The highest BCUT2D eigenvalue weighted by atomic mass is 16.4. The number of benzene rings is 1. The smallest absolute Gasteiger partial charge is 0.327 e. The van der Waals surface area contributed by atoms with Gasteiger partial charge in [-0.3, -0.25) is 4.57 Å². The lowest BCUT2D eigenvalue weighted by Crippen LogP contribution is -2.27. The molecule has 0 amide bonds. The molecule has 0 aliphatic carbocycles. The van der Waals surface area contributed by atoms with Crippen molar-refractivity contribution in [1.29, 1.82) is 0 Å². The molecule has 0 saturated heterocycles. The topological polar surface area (TPSA) is 95.3 Å². The van der Waals surface area contributed by atoms with E-state index in [0.717, 1.165) is 0 Å². The Morgan fingerprint density at radius 2 is 2.24 bits per heavy atom. The highest BCUT2D eigenvalue weighted by Gasteiger charge is 2.21. The first kappa shape index (κ1) is 11.3. The van der Waals surface area contributed by atoms with Crippen molar-refractivity contribution in [1.82, 2.24) is 9.55 Å². The molecule has 0 saturated carbocycles. The lowest BCUT2D eigenvalue weighted by atomic mass is 10.2. The van der Waals surface area contributed by atoms with Gasteiger partial charge in [0.15, 0.2) is 0 Å². The van der Waals surface area contributed by atoms with E-state index < -0.39 is 17.7 Å². The zero-order valence-corrected chi connectivity index (χ0v) is 9.17. The fourth-order valence-corrected chi connectivity index (χ4v) is 1.90. The summed E-state index contributed by atoms with van der Waals surface area (Å²) in [6, 6.07) is 3.43. The fourth-order valence-electron chi connectivity index (χ4n) is 1.90. The second-order valence-electron chi connectivity index (χ2n) is 3.76. The van der Waals surface area contributed by atoms with E-state index in [4.69, 9.17) is 5.11 Å². The SMILES string of the molecule is CCC(C(=O)O)n1c(=O)[nH]c2cc(O)ccc21. The van der Waals surface area contributed by atoms with Crippen molar-refractivity contribution in [2.45, 2.75) is 19.4 Å². The van der Waals surface area contributed by atoms with Crippen molar-refractivity contribution in [3.63, 3.8) is 0 Å². The van der Waals surface area contributed by atoms with E-state index in [1.165, 1.54) is 22.8 Å². The van der Waals surface area contributed by atoms with E-state index in [1.807, 2.05) is 0 Å². The van der Waals surface area contributed by atoms with Gasteiger partial charge in [-0.05, 0) is 18.6 Å². The molecule has 0 radical (unpaired) electrons. The van der Waals surface area contributed by atoms with Crippen LogP contribution in [0.15, 0.2) is 23.0 Å². The van der Waals surface area contributed by atoms with Crippen molar-refractivity contribution in [3.8, 4) is 5.75 Å². The number of nitrogens with zero attached hydrogens (tertiary/aromatic N) is 1. The van der Waals surface area contributed by atoms with Gasteiger partial charge in [-0.25, -0.2) is 9.59 Å². The van der Waals surface area contributed by atoms with Crippen LogP contribution < -0.4 is 5.69 Å². The largest absolute Gasteiger partial charge is 0.508 e. The Hall–Kier alpha value is -2.24. The number of nitrogens with one attached hydrogen (secondary N) is 1. The number of hydrogen-bond acceptors (Lipinski definition) is 3. The van der Waals surface area contributed by atoms with Crippen molar-refractivity contribution in [2.75, 3.05) is 0 Å². The lowest BCUT2D eigenvalue weighted by molar-refractivity contribution is -0.140. The maximum Gasteiger partial charge on any atom is 0.327 e. The molecule has 3 N–H and O–H groups in total. The first-order valence-electron chi connectivity index (χ1n) is 5.20. The quantitative estimate of drug-likeness (QED) is 0.742. The molecule has 1 atom stereocenters. The van der Waals surface area contributed by atoms with E-state index in [1.54, 1.807) is 6.92 Å². The van der Waals surface area contributed by atoms with Crippen LogP contribution in [0.1, 0.15) is 19.4 Å². The number of fused-ring (bicyclic) bond motifs is 1. The zero-order valence-electron chi connectivity index (χ0n) is 9.17. The van der Waals surface area contributed by atoms with Gasteiger partial charge in [-0.2, -0.15) is 0 Å². The van der Waals surface area contributed by atoms with Gasteiger partial charge in [0, 0.05) is 6.07 Å². The number of rotatable bonds is 3. The lowest BCUT2D eigenvalue weighted by Gasteiger charge is -2.11. The molecule has 1 unspecified atom stereocenters. The summed E-state index contributed by atoms with van der Waals surface area (Å²) in [7, 11) is 0. The first-order chi connectivity index (χ1) is 8.04. The second-order valence-corrected chi connectivity index (χ2v) is 3.76. The van der Waals surface area contributed by atoms with Crippen LogP contribution in [-0.4, -0.2) is 25.7 Å². The molecule has 0 fully saturated rings. The Morgan fingerprint density at radius 3 is 2.82 bits per heavy atom.